The van der Waals surface area contributed by atoms with Gasteiger partial charge in [-0.3, -0.25) is 23.3 Å². The molecule has 0 amide bonds. The molecule has 15 aromatic carbocycles. The van der Waals surface area contributed by atoms with Crippen molar-refractivity contribution in [3.05, 3.63) is 365 Å². The average molecular weight is 1330 g/mol. The van der Waals surface area contributed by atoms with E-state index >= 15 is 9.59 Å². The Hall–Kier alpha value is -13.8. The van der Waals surface area contributed by atoms with Gasteiger partial charge in [0.25, 0.3) is 11.1 Å². The average Bonchev–Trinajstić information content (AvgIpc) is 1.48. The Morgan fingerprint density at radius 3 is 1.59 bits per heavy atom. The van der Waals surface area contributed by atoms with Crippen molar-refractivity contribution in [1.29, 1.82) is 0 Å². The third-order valence-corrected chi connectivity index (χ3v) is 21.7. The van der Waals surface area contributed by atoms with Crippen LogP contribution in [0.25, 0.3) is 182 Å². The van der Waals surface area contributed by atoms with Crippen LogP contribution in [0.2, 0.25) is 0 Å². The number of rotatable bonds is 8. The van der Waals surface area contributed by atoms with Crippen LogP contribution in [-0.4, -0.2) is 33.6 Å². The van der Waals surface area contributed by atoms with Gasteiger partial charge in [0.1, 0.15) is 5.82 Å². The maximum Gasteiger partial charge on any atom is 0.263 e. The van der Waals surface area contributed by atoms with Crippen LogP contribution < -0.4 is 11.1 Å². The minimum atomic E-state index is -0.218. The lowest BCUT2D eigenvalue weighted by Crippen LogP contribution is -2.20. The van der Waals surface area contributed by atoms with Crippen molar-refractivity contribution in [3.63, 3.8) is 0 Å². The Balaban J connectivity index is 0.738. The van der Waals surface area contributed by atoms with E-state index in [1.54, 1.807) is 0 Å². The second-order valence-corrected chi connectivity index (χ2v) is 27.3. The molecule has 21 rings (SSSR count). The van der Waals surface area contributed by atoms with Crippen molar-refractivity contribution in [2.75, 3.05) is 0 Å². The van der Waals surface area contributed by atoms with Crippen molar-refractivity contribution >= 4 is 109 Å². The van der Waals surface area contributed by atoms with Gasteiger partial charge in [-0.15, -0.1) is 0 Å². The quantitative estimate of drug-likeness (QED) is 0.141. The molecule has 5 aromatic heterocycles. The van der Waals surface area contributed by atoms with E-state index in [2.05, 4.69) is 229 Å². The normalized spacial score (nSPS) is 13.1. The molecule has 0 aliphatic heterocycles. The Morgan fingerprint density at radius 1 is 0.308 bits per heavy atom. The van der Waals surface area contributed by atoms with Crippen molar-refractivity contribution in [3.8, 4) is 73.2 Å². The Labute approximate surface area is 595 Å². The molecule has 0 bridgehead atoms. The summed E-state index contributed by atoms with van der Waals surface area (Å²) in [5, 5.41) is 13.4. The summed E-state index contributed by atoms with van der Waals surface area (Å²) in [6.07, 6.45) is 1.44. The lowest BCUT2D eigenvalue weighted by molar-refractivity contribution is 0.686. The first-order chi connectivity index (χ1) is 51.4. The lowest BCUT2D eigenvalue weighted by Gasteiger charge is -2.22. The maximum absolute atomic E-state index is 16.0. The van der Waals surface area contributed by atoms with Crippen LogP contribution in [0.15, 0.2) is 337 Å². The fourth-order valence-electron chi connectivity index (χ4n) is 17.0. The fourth-order valence-corrected chi connectivity index (χ4v) is 17.0. The van der Waals surface area contributed by atoms with Crippen molar-refractivity contribution in [2.24, 2.45) is 0 Å². The molecule has 0 N–H and O–H groups in total. The third kappa shape index (κ3) is 9.13. The summed E-state index contributed by atoms with van der Waals surface area (Å²) in [7, 11) is 0. The summed E-state index contributed by atoms with van der Waals surface area (Å²) in [4.78, 5) is 53.6. The third-order valence-electron chi connectivity index (χ3n) is 21.7. The summed E-state index contributed by atoms with van der Waals surface area (Å²) < 4.78 is 6.05. The molecule has 9 nitrogen and oxygen atoms in total. The smallest absolute Gasteiger partial charge is 0.263 e. The number of hydrogen-bond donors (Lipinski definition) is 0. The second-order valence-electron chi connectivity index (χ2n) is 27.3. The lowest BCUT2D eigenvalue weighted by atomic mass is 9.86. The van der Waals surface area contributed by atoms with Gasteiger partial charge >= 0.3 is 0 Å². The highest BCUT2D eigenvalue weighted by Crippen LogP contribution is 2.50. The van der Waals surface area contributed by atoms with E-state index in [1.165, 1.54) is 10.9 Å². The minimum Gasteiger partial charge on any atom is -0.277 e. The first-order valence-electron chi connectivity index (χ1n) is 35.4. The molecule has 104 heavy (non-hydrogen) atoms. The summed E-state index contributed by atoms with van der Waals surface area (Å²) in [5.74, 6) is 1.04. The molecule has 0 saturated carbocycles. The van der Waals surface area contributed by atoms with Gasteiger partial charge in [0.15, 0.2) is 0 Å². The van der Waals surface area contributed by atoms with Crippen molar-refractivity contribution < 1.29 is 0 Å². The molecule has 0 spiro atoms. The molecular weight excluding hydrogens is 1270 g/mol. The number of aryl methyl sites for hydroxylation is 1. The van der Waals surface area contributed by atoms with Crippen molar-refractivity contribution in [2.45, 2.75) is 18.8 Å². The minimum absolute atomic E-state index is 0.0529. The molecule has 486 valence electrons. The van der Waals surface area contributed by atoms with Gasteiger partial charge < -0.3 is 0 Å². The first-order valence-corrected chi connectivity index (χ1v) is 35.4. The number of benzene rings is 15. The number of fused-ring (bicyclic) bond motifs is 20. The van der Waals surface area contributed by atoms with Crippen LogP contribution in [0.1, 0.15) is 29.3 Å². The zero-order chi connectivity index (χ0) is 68.7. The SMILES string of the molecule is O=c1c2cc(-c3ccc4nc(C5CCc6c(c7c(c8ccccc68)c6ccccc6c(=O)n7-c6ccccc6)-c6ccccc65)nc(-c5ccccc5)c4c3)ccc2c2cc3c4ccc5ccccc5c4n(-c4nc(-c5ccc(-c6ccccc6)cc5)c5ccccc5n4)c3cc2n1-c1ccccc1. The fraction of sp³-hybridized carbons (Fsp3) is 0.0316. The molecule has 0 radical (unpaired) electrons. The summed E-state index contributed by atoms with van der Waals surface area (Å²) in [6, 6.07) is 114. The summed E-state index contributed by atoms with van der Waals surface area (Å²) in [6.45, 7) is 0. The van der Waals surface area contributed by atoms with Gasteiger partial charge in [-0.05, 0) is 145 Å². The zero-order valence-electron chi connectivity index (χ0n) is 56.1. The highest BCUT2D eigenvalue weighted by Gasteiger charge is 2.32. The summed E-state index contributed by atoms with van der Waals surface area (Å²) >= 11 is 0. The zero-order valence-corrected chi connectivity index (χ0v) is 56.1. The number of aromatic nitrogens is 7. The van der Waals surface area contributed by atoms with Crippen LogP contribution in [-0.2, 0) is 6.42 Å². The molecule has 0 saturated heterocycles. The van der Waals surface area contributed by atoms with Gasteiger partial charge in [-0.25, -0.2) is 19.9 Å². The van der Waals surface area contributed by atoms with Gasteiger partial charge in [0, 0.05) is 82.5 Å². The van der Waals surface area contributed by atoms with Crippen molar-refractivity contribution in [1.82, 2.24) is 33.6 Å². The highest BCUT2D eigenvalue weighted by atomic mass is 16.1. The van der Waals surface area contributed by atoms with E-state index in [0.717, 1.165) is 177 Å². The van der Waals surface area contributed by atoms with E-state index in [9.17, 15) is 0 Å². The molecule has 9 heteroatoms. The second kappa shape index (κ2) is 23.4. The van der Waals surface area contributed by atoms with Gasteiger partial charge in [-0.2, -0.15) is 0 Å². The number of pyridine rings is 2. The predicted molar refractivity (Wildman–Crippen MR) is 427 cm³/mol. The van der Waals surface area contributed by atoms with Gasteiger partial charge in [0.2, 0.25) is 5.95 Å². The molecule has 20 aromatic rings. The number of nitrogens with zero attached hydrogens (tertiary/aromatic N) is 7. The van der Waals surface area contributed by atoms with Crippen LogP contribution in [0.3, 0.4) is 0 Å². The Morgan fingerprint density at radius 2 is 0.827 bits per heavy atom. The van der Waals surface area contributed by atoms with E-state index in [-0.39, 0.29) is 17.0 Å². The van der Waals surface area contributed by atoms with E-state index in [0.29, 0.717) is 23.1 Å². The van der Waals surface area contributed by atoms with Gasteiger partial charge in [-0.1, -0.05) is 261 Å². The Kier molecular flexibility index (Phi) is 13.3. The van der Waals surface area contributed by atoms with Gasteiger partial charge in [0.05, 0.1) is 44.5 Å². The monoisotopic (exact) mass is 1330 g/mol. The van der Waals surface area contributed by atoms with E-state index in [1.807, 2.05) is 112 Å². The molecule has 1 atom stereocenters. The molecule has 5 heterocycles. The van der Waals surface area contributed by atoms with Crippen LogP contribution in [0.5, 0.6) is 0 Å². The van der Waals surface area contributed by atoms with E-state index in [4.69, 9.17) is 19.9 Å². The van der Waals surface area contributed by atoms with E-state index < -0.39 is 0 Å². The summed E-state index contributed by atoms with van der Waals surface area (Å²) in [5.41, 5.74) is 18.7. The maximum atomic E-state index is 16.0. The Bertz CT molecular complexity index is 7130. The number of para-hydroxylation sites is 3. The molecule has 1 aliphatic rings. The molecule has 1 aliphatic carbocycles. The first kappa shape index (κ1) is 59.1. The number of hydrogen-bond acceptors (Lipinski definition) is 6. The molecule has 1 unspecified atom stereocenters. The molecular formula is C95H59N7O2. The van der Waals surface area contributed by atoms with Crippen LogP contribution in [0.4, 0.5) is 0 Å². The highest BCUT2D eigenvalue weighted by molar-refractivity contribution is 6.25. The molecule has 0 fully saturated rings. The van der Waals surface area contributed by atoms with Crippen LogP contribution >= 0.6 is 0 Å². The topological polar surface area (TPSA) is 100 Å². The predicted octanol–water partition coefficient (Wildman–Crippen LogP) is 22.3. The van der Waals surface area contributed by atoms with Crippen LogP contribution in [0, 0.1) is 0 Å². The largest absolute Gasteiger partial charge is 0.277 e. The standard InChI is InChI=1S/C95H59N7O2/c103-93-76-38-20-19-37-72(76)86-70-35-17-15-33-67(70)73-50-51-75(68-34-16-18-36-71(68)87(73)91(86)101(93)65-30-11-4-12-31-65)92-96-83-52-47-63(54-81(83)89(98-92)60-26-7-2-8-27-60)62-46-48-69-78-55-79-74-49-45-59-25-13-14-32-66(59)90(74)102(85(79)56-84(78)100(94(104)80(69)53-62)64-28-9-3-10-29-64)95-97-82-40-22-21-39-77(82)88(99-95)61-43-41-58(42-44-61)57-23-5-1-6-24-57/h1-49,52-56,75H,50-51H2.